The number of sulfonamides is 1. The molecule has 2 heterocycles. The lowest BCUT2D eigenvalue weighted by atomic mass is 10.4. The highest BCUT2D eigenvalue weighted by atomic mass is 32.2. The lowest BCUT2D eigenvalue weighted by Crippen LogP contribution is -2.28. The molecule has 0 unspecified atom stereocenters. The van der Waals surface area contributed by atoms with Crippen LogP contribution in [-0.4, -0.2) is 46.0 Å². The summed E-state index contributed by atoms with van der Waals surface area (Å²) in [5, 5.41) is 13.1. The third kappa shape index (κ3) is 3.49. The lowest BCUT2D eigenvalue weighted by molar-refractivity contribution is 0.267. The molecule has 116 valence electrons. The van der Waals surface area contributed by atoms with Gasteiger partial charge in [-0.3, -0.25) is 4.68 Å². The topological polar surface area (TPSA) is 102 Å². The summed E-state index contributed by atoms with van der Waals surface area (Å²) in [7, 11) is -3.62. The first-order valence-corrected chi connectivity index (χ1v) is 8.04. The van der Waals surface area contributed by atoms with Crippen molar-refractivity contribution in [1.82, 2.24) is 24.1 Å². The second-order valence-corrected chi connectivity index (χ2v) is 6.35. The molecule has 0 atom stereocenters. The van der Waals surface area contributed by atoms with E-state index >= 15 is 0 Å². The van der Waals surface area contributed by atoms with Crippen LogP contribution < -0.4 is 4.72 Å². The van der Waals surface area contributed by atoms with Gasteiger partial charge in [0.25, 0.3) is 0 Å². The van der Waals surface area contributed by atoms with Gasteiger partial charge in [-0.25, -0.2) is 18.1 Å². The molecule has 0 amide bonds. The Bertz CT molecular complexity index is 691. The molecule has 2 aromatic heterocycles. The van der Waals surface area contributed by atoms with Gasteiger partial charge in [-0.05, 0) is 13.8 Å². The zero-order chi connectivity index (χ0) is 15.5. The molecule has 8 nitrogen and oxygen atoms in total. The van der Waals surface area contributed by atoms with Gasteiger partial charge >= 0.3 is 0 Å². The Labute approximate surface area is 123 Å². The van der Waals surface area contributed by atoms with Crippen molar-refractivity contribution in [3.8, 4) is 0 Å². The van der Waals surface area contributed by atoms with Crippen LogP contribution >= 0.6 is 0 Å². The van der Waals surface area contributed by atoms with E-state index in [9.17, 15) is 8.42 Å². The molecule has 2 N–H and O–H groups in total. The Morgan fingerprint density at radius 3 is 2.71 bits per heavy atom. The molecule has 21 heavy (non-hydrogen) atoms. The average molecular weight is 313 g/mol. The fraction of sp³-hybridized carbons (Fsp3) is 0.500. The van der Waals surface area contributed by atoms with Gasteiger partial charge < -0.3 is 9.67 Å². The summed E-state index contributed by atoms with van der Waals surface area (Å²) >= 11 is 0. The zero-order valence-electron chi connectivity index (χ0n) is 12.0. The monoisotopic (exact) mass is 313 g/mol. The molecular formula is C12H19N5O3S. The van der Waals surface area contributed by atoms with E-state index in [2.05, 4.69) is 14.8 Å². The molecular weight excluding hydrogens is 294 g/mol. The van der Waals surface area contributed by atoms with Crippen LogP contribution in [0.25, 0.3) is 0 Å². The molecule has 0 aliphatic heterocycles. The van der Waals surface area contributed by atoms with Gasteiger partial charge in [0.05, 0.1) is 30.9 Å². The molecule has 2 aromatic rings. The number of aromatic nitrogens is 4. The number of aliphatic hydroxyl groups is 1. The lowest BCUT2D eigenvalue weighted by Gasteiger charge is -2.08. The number of hydrogen-bond donors (Lipinski definition) is 2. The van der Waals surface area contributed by atoms with Gasteiger partial charge in [-0.2, -0.15) is 5.10 Å². The van der Waals surface area contributed by atoms with Crippen molar-refractivity contribution >= 4 is 10.0 Å². The van der Waals surface area contributed by atoms with Gasteiger partial charge in [0.2, 0.25) is 10.0 Å². The molecule has 2 rings (SSSR count). The molecule has 0 spiro atoms. The van der Waals surface area contributed by atoms with Crippen molar-refractivity contribution in [1.29, 1.82) is 0 Å². The molecule has 0 aliphatic rings. The summed E-state index contributed by atoms with van der Waals surface area (Å²) in [5.41, 5.74) is 0.952. The highest BCUT2D eigenvalue weighted by Gasteiger charge is 2.23. The van der Waals surface area contributed by atoms with Gasteiger partial charge in [-0.15, -0.1) is 0 Å². The second-order valence-electron chi connectivity index (χ2n) is 4.64. The fourth-order valence-electron chi connectivity index (χ4n) is 2.18. The largest absolute Gasteiger partial charge is 0.394 e. The summed E-state index contributed by atoms with van der Waals surface area (Å²) in [4.78, 5) is 4.08. The van der Waals surface area contributed by atoms with Gasteiger partial charge in [-0.1, -0.05) is 0 Å². The first-order chi connectivity index (χ1) is 9.95. The Morgan fingerprint density at radius 1 is 1.33 bits per heavy atom. The fourth-order valence-corrected chi connectivity index (χ4v) is 3.61. The summed E-state index contributed by atoms with van der Waals surface area (Å²) in [5.74, 6) is 0. The number of hydrogen-bond acceptors (Lipinski definition) is 5. The second kappa shape index (κ2) is 6.37. The summed E-state index contributed by atoms with van der Waals surface area (Å²) < 4.78 is 30.6. The number of rotatable bonds is 7. The number of nitrogens with one attached hydrogen (secondary N) is 1. The SMILES string of the molecule is Cc1nn(CCO)c(C)c1S(=O)(=O)NCCn1ccnc1. The summed E-state index contributed by atoms with van der Waals surface area (Å²) in [6.07, 6.45) is 5.04. The standard InChI is InChI=1S/C12H19N5O3S/c1-10-12(11(2)17(15-10)7-8-18)21(19,20)14-4-6-16-5-3-13-9-16/h3,5,9,14,18H,4,6-8H2,1-2H3. The van der Waals surface area contributed by atoms with E-state index in [0.717, 1.165) is 0 Å². The number of imidazole rings is 1. The zero-order valence-corrected chi connectivity index (χ0v) is 12.8. The highest BCUT2D eigenvalue weighted by molar-refractivity contribution is 7.89. The maximum atomic E-state index is 12.4. The van der Waals surface area contributed by atoms with Crippen LogP contribution in [0.15, 0.2) is 23.6 Å². The average Bonchev–Trinajstić information content (AvgIpc) is 2.99. The van der Waals surface area contributed by atoms with Crippen LogP contribution in [0.4, 0.5) is 0 Å². The third-order valence-corrected chi connectivity index (χ3v) is 4.83. The normalized spacial score (nSPS) is 12.0. The van der Waals surface area contributed by atoms with E-state index in [1.807, 2.05) is 0 Å². The van der Waals surface area contributed by atoms with Crippen LogP contribution in [0.5, 0.6) is 0 Å². The number of nitrogens with zero attached hydrogens (tertiary/aromatic N) is 4. The summed E-state index contributed by atoms with van der Waals surface area (Å²) in [6, 6.07) is 0. The molecule has 0 aromatic carbocycles. The van der Waals surface area contributed by atoms with E-state index in [-0.39, 0.29) is 24.6 Å². The number of aliphatic hydroxyl groups excluding tert-OH is 1. The smallest absolute Gasteiger partial charge is 0.244 e. The first kappa shape index (κ1) is 15.7. The molecule has 0 aliphatic carbocycles. The van der Waals surface area contributed by atoms with Crippen LogP contribution in [0.1, 0.15) is 11.4 Å². The van der Waals surface area contributed by atoms with E-state index in [0.29, 0.717) is 17.9 Å². The van der Waals surface area contributed by atoms with Crippen molar-refractivity contribution in [3.63, 3.8) is 0 Å². The van der Waals surface area contributed by atoms with Crippen LogP contribution in [0, 0.1) is 13.8 Å². The predicted molar refractivity (Wildman–Crippen MR) is 76.2 cm³/mol. The highest BCUT2D eigenvalue weighted by Crippen LogP contribution is 2.18. The van der Waals surface area contributed by atoms with Crippen LogP contribution in [0.2, 0.25) is 0 Å². The Hall–Kier alpha value is -1.71. The van der Waals surface area contributed by atoms with Crippen LogP contribution in [0.3, 0.4) is 0 Å². The summed E-state index contributed by atoms with van der Waals surface area (Å²) in [6.45, 7) is 4.28. The third-order valence-electron chi connectivity index (χ3n) is 3.12. The van der Waals surface area contributed by atoms with Gasteiger partial charge in [0, 0.05) is 25.5 Å². The molecule has 0 bridgehead atoms. The predicted octanol–water partition coefficient (Wildman–Crippen LogP) is -0.333. The molecule has 0 saturated carbocycles. The minimum atomic E-state index is -3.62. The minimum Gasteiger partial charge on any atom is -0.394 e. The van der Waals surface area contributed by atoms with Crippen molar-refractivity contribution in [2.45, 2.75) is 31.8 Å². The van der Waals surface area contributed by atoms with E-state index in [1.165, 1.54) is 4.68 Å². The maximum Gasteiger partial charge on any atom is 0.244 e. The Balaban J connectivity index is 2.12. The van der Waals surface area contributed by atoms with Crippen molar-refractivity contribution < 1.29 is 13.5 Å². The maximum absolute atomic E-state index is 12.4. The van der Waals surface area contributed by atoms with E-state index in [1.54, 1.807) is 37.1 Å². The first-order valence-electron chi connectivity index (χ1n) is 6.56. The van der Waals surface area contributed by atoms with Gasteiger partial charge in [0.15, 0.2) is 0 Å². The molecule has 0 radical (unpaired) electrons. The number of aryl methyl sites for hydroxylation is 1. The van der Waals surface area contributed by atoms with Crippen molar-refractivity contribution in [2.75, 3.05) is 13.2 Å². The van der Waals surface area contributed by atoms with Crippen molar-refractivity contribution in [2.24, 2.45) is 0 Å². The van der Waals surface area contributed by atoms with Gasteiger partial charge in [0.1, 0.15) is 4.90 Å². The minimum absolute atomic E-state index is 0.0878. The van der Waals surface area contributed by atoms with E-state index in [4.69, 9.17) is 5.11 Å². The molecule has 0 fully saturated rings. The Kier molecular flexibility index (Phi) is 4.76. The Morgan fingerprint density at radius 2 is 2.10 bits per heavy atom. The quantitative estimate of drug-likeness (QED) is 0.728. The molecule has 9 heteroatoms. The van der Waals surface area contributed by atoms with E-state index < -0.39 is 10.0 Å². The molecule has 0 saturated heterocycles. The van der Waals surface area contributed by atoms with Crippen molar-refractivity contribution in [3.05, 3.63) is 30.1 Å². The van der Waals surface area contributed by atoms with Crippen LogP contribution in [-0.2, 0) is 23.1 Å².